The molecule has 1 unspecified atom stereocenters. The van der Waals surface area contributed by atoms with Crippen LogP contribution in [0.25, 0.3) is 0 Å². The van der Waals surface area contributed by atoms with Gasteiger partial charge in [0.2, 0.25) is 0 Å². The Labute approximate surface area is 121 Å². The Bertz CT molecular complexity index is 590. The number of likely N-dealkylation sites (N-methyl/N-ethyl adjacent to an activating group) is 1. The number of nitrogens with zero attached hydrogens (tertiary/aromatic N) is 2. The van der Waals surface area contributed by atoms with Crippen LogP contribution in [0.4, 0.5) is 13.2 Å². The predicted octanol–water partition coefficient (Wildman–Crippen LogP) is 3.33. The summed E-state index contributed by atoms with van der Waals surface area (Å²) in [4.78, 5) is 0. The van der Waals surface area contributed by atoms with Crippen LogP contribution in [0.2, 0.25) is 0 Å². The van der Waals surface area contributed by atoms with Gasteiger partial charge in [-0.05, 0) is 24.2 Å². The molecule has 1 aromatic carbocycles. The van der Waals surface area contributed by atoms with Crippen molar-refractivity contribution in [1.29, 1.82) is 0 Å². The van der Waals surface area contributed by atoms with Crippen LogP contribution in [0.1, 0.15) is 29.8 Å². The molecule has 0 aliphatic heterocycles. The molecule has 3 nitrogen and oxygen atoms in total. The van der Waals surface area contributed by atoms with E-state index in [0.717, 1.165) is 11.8 Å². The summed E-state index contributed by atoms with van der Waals surface area (Å²) < 4.78 is 41.1. The van der Waals surface area contributed by atoms with Crippen LogP contribution in [-0.4, -0.2) is 16.3 Å². The molecule has 2 rings (SSSR count). The molecule has 0 bridgehead atoms. The molecule has 0 aliphatic rings. The minimum atomic E-state index is -4.35. The van der Waals surface area contributed by atoms with E-state index in [9.17, 15) is 13.2 Å². The molecule has 0 fully saturated rings. The van der Waals surface area contributed by atoms with Gasteiger partial charge >= 0.3 is 6.18 Å². The molecule has 0 spiro atoms. The van der Waals surface area contributed by atoms with E-state index < -0.39 is 17.8 Å². The third kappa shape index (κ3) is 3.85. The van der Waals surface area contributed by atoms with Gasteiger partial charge < -0.3 is 5.32 Å². The highest BCUT2D eigenvalue weighted by molar-refractivity contribution is 5.33. The third-order valence-electron chi connectivity index (χ3n) is 3.27. The van der Waals surface area contributed by atoms with Gasteiger partial charge in [-0.15, -0.1) is 0 Å². The van der Waals surface area contributed by atoms with Crippen molar-refractivity contribution >= 4 is 0 Å². The zero-order valence-electron chi connectivity index (χ0n) is 12.0. The molecule has 0 radical (unpaired) electrons. The summed E-state index contributed by atoms with van der Waals surface area (Å²) in [5.74, 6) is 0. The number of benzene rings is 1. The quantitative estimate of drug-likeness (QED) is 0.917. The zero-order valence-corrected chi connectivity index (χ0v) is 12.0. The lowest BCUT2D eigenvalue weighted by molar-refractivity contribution is -0.138. The van der Waals surface area contributed by atoms with Crippen molar-refractivity contribution in [2.75, 3.05) is 6.54 Å². The van der Waals surface area contributed by atoms with Gasteiger partial charge in [-0.2, -0.15) is 18.3 Å². The minimum Gasteiger partial charge on any atom is -0.310 e. The van der Waals surface area contributed by atoms with Crippen molar-refractivity contribution in [1.82, 2.24) is 15.1 Å². The van der Waals surface area contributed by atoms with Gasteiger partial charge in [-0.3, -0.25) is 4.68 Å². The summed E-state index contributed by atoms with van der Waals surface area (Å²) >= 11 is 0. The smallest absolute Gasteiger partial charge is 0.310 e. The van der Waals surface area contributed by atoms with Crippen LogP contribution < -0.4 is 5.32 Å². The summed E-state index contributed by atoms with van der Waals surface area (Å²) in [7, 11) is 1.79. The van der Waals surface area contributed by atoms with Crippen molar-refractivity contribution in [3.63, 3.8) is 0 Å². The number of rotatable bonds is 5. The molecule has 1 aromatic heterocycles. The van der Waals surface area contributed by atoms with E-state index in [-0.39, 0.29) is 5.56 Å². The van der Waals surface area contributed by atoms with Gasteiger partial charge in [0.15, 0.2) is 0 Å². The first-order chi connectivity index (χ1) is 9.91. The van der Waals surface area contributed by atoms with Crippen molar-refractivity contribution < 1.29 is 13.2 Å². The number of aromatic nitrogens is 2. The predicted molar refractivity (Wildman–Crippen MR) is 74.8 cm³/mol. The van der Waals surface area contributed by atoms with Gasteiger partial charge in [0.05, 0.1) is 11.3 Å². The fourth-order valence-corrected chi connectivity index (χ4v) is 2.38. The fourth-order valence-electron chi connectivity index (χ4n) is 2.38. The van der Waals surface area contributed by atoms with Gasteiger partial charge in [0.25, 0.3) is 0 Å². The molecule has 0 aliphatic carbocycles. The molecule has 2 aromatic rings. The van der Waals surface area contributed by atoms with E-state index in [0.29, 0.717) is 13.0 Å². The highest BCUT2D eigenvalue weighted by Crippen LogP contribution is 2.35. The summed E-state index contributed by atoms with van der Waals surface area (Å²) in [6, 6.07) is 7.10. The standard InChI is InChI=1S/C15H18F3N3/c1-3-19-14(10-11-8-9-21(2)20-11)12-6-4-5-7-13(12)15(16,17)18/h4-9,14,19H,3,10H2,1-2H3. The number of aryl methyl sites for hydroxylation is 1. The fraction of sp³-hybridized carbons (Fsp3) is 0.400. The normalized spacial score (nSPS) is 13.4. The lowest BCUT2D eigenvalue weighted by Crippen LogP contribution is -2.26. The van der Waals surface area contributed by atoms with E-state index in [1.165, 1.54) is 12.1 Å². The second kappa shape index (κ2) is 6.30. The Hall–Kier alpha value is -1.82. The van der Waals surface area contributed by atoms with Crippen LogP contribution in [0, 0.1) is 0 Å². The Kier molecular flexibility index (Phi) is 4.67. The number of alkyl halides is 3. The van der Waals surface area contributed by atoms with Gasteiger partial charge in [0, 0.05) is 25.7 Å². The highest BCUT2D eigenvalue weighted by Gasteiger charge is 2.34. The lowest BCUT2D eigenvalue weighted by atomic mass is 9.96. The van der Waals surface area contributed by atoms with Crippen LogP contribution in [0.3, 0.4) is 0 Å². The maximum atomic E-state index is 13.1. The van der Waals surface area contributed by atoms with Crippen molar-refractivity contribution in [2.24, 2.45) is 7.05 Å². The number of halogens is 3. The van der Waals surface area contributed by atoms with E-state index in [1.807, 2.05) is 13.0 Å². The number of hydrogen-bond donors (Lipinski definition) is 1. The largest absolute Gasteiger partial charge is 0.416 e. The second-order valence-corrected chi connectivity index (χ2v) is 4.88. The van der Waals surface area contributed by atoms with Gasteiger partial charge in [0.1, 0.15) is 0 Å². The minimum absolute atomic E-state index is 0.262. The molecular weight excluding hydrogens is 279 g/mol. The van der Waals surface area contributed by atoms with E-state index in [4.69, 9.17) is 0 Å². The second-order valence-electron chi connectivity index (χ2n) is 4.88. The van der Waals surface area contributed by atoms with E-state index in [2.05, 4.69) is 10.4 Å². The molecule has 0 saturated heterocycles. The number of hydrogen-bond acceptors (Lipinski definition) is 2. The first-order valence-electron chi connectivity index (χ1n) is 6.80. The summed E-state index contributed by atoms with van der Waals surface area (Å²) in [6.07, 6.45) is -2.15. The zero-order chi connectivity index (χ0) is 15.5. The van der Waals surface area contributed by atoms with Crippen molar-refractivity contribution in [2.45, 2.75) is 25.6 Å². The molecular formula is C15H18F3N3. The molecule has 1 heterocycles. The average molecular weight is 297 g/mol. The number of nitrogens with one attached hydrogen (secondary N) is 1. The molecule has 1 N–H and O–H groups in total. The summed E-state index contributed by atoms with van der Waals surface area (Å²) in [5, 5.41) is 7.37. The maximum Gasteiger partial charge on any atom is 0.416 e. The molecule has 21 heavy (non-hydrogen) atoms. The molecule has 0 saturated carbocycles. The third-order valence-corrected chi connectivity index (χ3v) is 3.27. The Morgan fingerprint density at radius 3 is 2.52 bits per heavy atom. The van der Waals surface area contributed by atoms with Crippen molar-refractivity contribution in [3.8, 4) is 0 Å². The van der Waals surface area contributed by atoms with Gasteiger partial charge in [-0.25, -0.2) is 0 Å². The molecule has 6 heteroatoms. The molecule has 0 amide bonds. The van der Waals surface area contributed by atoms with Gasteiger partial charge in [-0.1, -0.05) is 25.1 Å². The van der Waals surface area contributed by atoms with Crippen molar-refractivity contribution in [3.05, 3.63) is 53.3 Å². The molecule has 1 atom stereocenters. The van der Waals surface area contributed by atoms with Crippen LogP contribution in [-0.2, 0) is 19.6 Å². The lowest BCUT2D eigenvalue weighted by Gasteiger charge is -2.21. The Balaban J connectivity index is 2.34. The first-order valence-corrected chi connectivity index (χ1v) is 6.80. The topological polar surface area (TPSA) is 29.9 Å². The average Bonchev–Trinajstić information content (AvgIpc) is 2.83. The van der Waals surface area contributed by atoms with E-state index >= 15 is 0 Å². The summed E-state index contributed by atoms with van der Waals surface area (Å²) in [5.41, 5.74) is 0.435. The van der Waals surface area contributed by atoms with E-state index in [1.54, 1.807) is 24.0 Å². The maximum absolute atomic E-state index is 13.1. The summed E-state index contributed by atoms with van der Waals surface area (Å²) in [6.45, 7) is 2.46. The first kappa shape index (κ1) is 15.6. The monoisotopic (exact) mass is 297 g/mol. The Morgan fingerprint density at radius 1 is 1.24 bits per heavy atom. The molecule has 114 valence electrons. The van der Waals surface area contributed by atoms with Crippen LogP contribution in [0.5, 0.6) is 0 Å². The SMILES string of the molecule is CCNC(Cc1ccn(C)n1)c1ccccc1C(F)(F)F. The highest BCUT2D eigenvalue weighted by atomic mass is 19.4. The van der Waals surface area contributed by atoms with Crippen LogP contribution in [0.15, 0.2) is 36.5 Å². The van der Waals surface area contributed by atoms with Crippen LogP contribution >= 0.6 is 0 Å². The Morgan fingerprint density at radius 2 is 1.95 bits per heavy atom.